The molecule has 35 heavy (non-hydrogen) atoms. The minimum Gasteiger partial charge on any atom is -0.494 e. The normalized spacial score (nSPS) is 17.0. The number of methoxy groups -OCH3 is 1. The van der Waals surface area contributed by atoms with Gasteiger partial charge in [-0.25, -0.2) is 15.0 Å². The number of nitrogens with zero attached hydrogens (tertiary/aromatic N) is 4. The second kappa shape index (κ2) is 9.14. The lowest BCUT2D eigenvalue weighted by molar-refractivity contribution is 0.0544. The average Bonchev–Trinajstić information content (AvgIpc) is 3.18. The first-order valence-electron chi connectivity index (χ1n) is 11.8. The number of anilines is 3. The molecule has 2 aliphatic heterocycles. The Labute approximate surface area is 204 Å². The number of aromatic nitrogens is 3. The molecule has 4 heterocycles. The van der Waals surface area contributed by atoms with Crippen LogP contribution in [0.4, 0.5) is 17.5 Å². The molecule has 0 unspecified atom stereocenters. The number of nitrogens with one attached hydrogen (secondary N) is 2. The number of pyridine rings is 1. The molecule has 2 aliphatic rings. The number of ether oxygens (including phenoxy) is 1. The highest BCUT2D eigenvalue weighted by atomic mass is 16.5. The lowest BCUT2D eigenvalue weighted by Crippen LogP contribution is -2.40. The summed E-state index contributed by atoms with van der Waals surface area (Å²) in [6.45, 7) is 6.27. The summed E-state index contributed by atoms with van der Waals surface area (Å²) < 4.78 is 5.64. The van der Waals surface area contributed by atoms with Crippen LogP contribution in [0.2, 0.25) is 0 Å². The van der Waals surface area contributed by atoms with Crippen molar-refractivity contribution in [1.82, 2.24) is 19.9 Å². The molecule has 5 rings (SSSR count). The van der Waals surface area contributed by atoms with E-state index in [9.17, 15) is 9.90 Å². The second-order valence-electron chi connectivity index (χ2n) is 9.66. The highest BCUT2D eigenvalue weighted by Crippen LogP contribution is 2.37. The van der Waals surface area contributed by atoms with Crippen molar-refractivity contribution in [2.45, 2.75) is 38.2 Å². The number of hydrogen-bond donors (Lipinski definition) is 3. The van der Waals surface area contributed by atoms with Crippen LogP contribution >= 0.6 is 0 Å². The van der Waals surface area contributed by atoms with E-state index in [0.29, 0.717) is 48.9 Å². The van der Waals surface area contributed by atoms with Gasteiger partial charge < -0.3 is 25.4 Å². The maximum atomic E-state index is 13.2. The van der Waals surface area contributed by atoms with Gasteiger partial charge in [-0.15, -0.1) is 0 Å². The number of likely N-dealkylation sites (tertiary alicyclic amines) is 1. The molecule has 1 saturated heterocycles. The van der Waals surface area contributed by atoms with E-state index in [4.69, 9.17) is 9.72 Å². The van der Waals surface area contributed by atoms with E-state index < -0.39 is 0 Å². The Morgan fingerprint density at radius 3 is 2.80 bits per heavy atom. The largest absolute Gasteiger partial charge is 0.494 e. The van der Waals surface area contributed by atoms with Crippen molar-refractivity contribution in [2.24, 2.45) is 0 Å². The molecule has 0 atom stereocenters. The summed E-state index contributed by atoms with van der Waals surface area (Å²) in [5, 5.41) is 16.3. The highest BCUT2D eigenvalue weighted by molar-refractivity contribution is 5.99. The SMILES string of the molecule is COc1c(Nc2nccc(-c3cnc4c(c3)C(C)(C)CN4)n2)cccc1C(=O)N1CCC(O)CC1. The fraction of sp³-hybridized carbons (Fsp3) is 0.385. The van der Waals surface area contributed by atoms with Gasteiger partial charge in [0, 0.05) is 48.6 Å². The minimum absolute atomic E-state index is 0.000752. The van der Waals surface area contributed by atoms with E-state index in [-0.39, 0.29) is 17.4 Å². The van der Waals surface area contributed by atoms with E-state index in [1.165, 1.54) is 5.56 Å². The third-order valence-corrected chi connectivity index (χ3v) is 6.71. The molecular weight excluding hydrogens is 444 g/mol. The number of carbonyl (C=O) groups excluding carboxylic acids is 1. The first kappa shape index (κ1) is 23.0. The zero-order valence-electron chi connectivity index (χ0n) is 20.2. The number of amides is 1. The Morgan fingerprint density at radius 1 is 1.23 bits per heavy atom. The molecule has 0 spiro atoms. The summed E-state index contributed by atoms with van der Waals surface area (Å²) in [7, 11) is 1.54. The van der Waals surface area contributed by atoms with Crippen LogP contribution in [0.15, 0.2) is 42.7 Å². The maximum absolute atomic E-state index is 13.2. The molecule has 9 nitrogen and oxygen atoms in total. The fourth-order valence-corrected chi connectivity index (χ4v) is 4.62. The van der Waals surface area contributed by atoms with E-state index in [1.54, 1.807) is 30.3 Å². The van der Waals surface area contributed by atoms with Crippen molar-refractivity contribution in [3.05, 3.63) is 53.9 Å². The first-order chi connectivity index (χ1) is 16.9. The molecule has 0 radical (unpaired) electrons. The van der Waals surface area contributed by atoms with Crippen LogP contribution in [-0.4, -0.2) is 63.7 Å². The number of rotatable bonds is 5. The third kappa shape index (κ3) is 4.51. The van der Waals surface area contributed by atoms with Gasteiger partial charge in [-0.3, -0.25) is 4.79 Å². The molecule has 3 N–H and O–H groups in total. The summed E-state index contributed by atoms with van der Waals surface area (Å²) in [6.07, 6.45) is 4.33. The lowest BCUT2D eigenvalue weighted by Gasteiger charge is -2.30. The van der Waals surface area contributed by atoms with Gasteiger partial charge in [0.2, 0.25) is 5.95 Å². The molecule has 3 aromatic rings. The molecular formula is C26H30N6O3. The number of carbonyl (C=O) groups is 1. The fourth-order valence-electron chi connectivity index (χ4n) is 4.62. The second-order valence-corrected chi connectivity index (χ2v) is 9.66. The van der Waals surface area contributed by atoms with Gasteiger partial charge in [-0.1, -0.05) is 19.9 Å². The molecule has 0 saturated carbocycles. The monoisotopic (exact) mass is 474 g/mol. The quantitative estimate of drug-likeness (QED) is 0.514. The number of aliphatic hydroxyl groups is 1. The van der Waals surface area contributed by atoms with Crippen LogP contribution in [0.5, 0.6) is 5.75 Å². The number of para-hydroxylation sites is 1. The van der Waals surface area contributed by atoms with Crippen molar-refractivity contribution in [3.8, 4) is 17.0 Å². The van der Waals surface area contributed by atoms with Crippen molar-refractivity contribution >= 4 is 23.4 Å². The number of aliphatic hydroxyl groups excluding tert-OH is 1. The lowest BCUT2D eigenvalue weighted by atomic mass is 9.87. The van der Waals surface area contributed by atoms with Crippen molar-refractivity contribution in [2.75, 3.05) is 37.4 Å². The molecule has 0 bridgehead atoms. The van der Waals surface area contributed by atoms with Crippen LogP contribution in [-0.2, 0) is 5.41 Å². The van der Waals surface area contributed by atoms with Crippen molar-refractivity contribution in [3.63, 3.8) is 0 Å². The Hall–Kier alpha value is -3.72. The smallest absolute Gasteiger partial charge is 0.257 e. The van der Waals surface area contributed by atoms with Crippen LogP contribution in [0.3, 0.4) is 0 Å². The van der Waals surface area contributed by atoms with Crippen molar-refractivity contribution < 1.29 is 14.6 Å². The van der Waals surface area contributed by atoms with Gasteiger partial charge in [0.25, 0.3) is 5.91 Å². The topological polar surface area (TPSA) is 112 Å². The van der Waals surface area contributed by atoms with Gasteiger partial charge in [-0.2, -0.15) is 0 Å². The molecule has 1 fully saturated rings. The molecule has 2 aromatic heterocycles. The summed E-state index contributed by atoms with van der Waals surface area (Å²) >= 11 is 0. The predicted molar refractivity (Wildman–Crippen MR) is 134 cm³/mol. The van der Waals surface area contributed by atoms with Gasteiger partial charge in [-0.05, 0) is 37.1 Å². The highest BCUT2D eigenvalue weighted by Gasteiger charge is 2.31. The van der Waals surface area contributed by atoms with Crippen LogP contribution in [0.25, 0.3) is 11.3 Å². The van der Waals surface area contributed by atoms with Gasteiger partial charge in [0.15, 0.2) is 5.75 Å². The number of piperidine rings is 1. The zero-order chi connectivity index (χ0) is 24.6. The Kier molecular flexibility index (Phi) is 6.02. The van der Waals surface area contributed by atoms with E-state index in [0.717, 1.165) is 23.6 Å². The molecule has 1 aromatic carbocycles. The number of benzene rings is 1. The summed E-state index contributed by atoms with van der Waals surface area (Å²) in [6, 6.07) is 9.37. The first-order valence-corrected chi connectivity index (χ1v) is 11.8. The van der Waals surface area contributed by atoms with Crippen LogP contribution in [0.1, 0.15) is 42.6 Å². The predicted octanol–water partition coefficient (Wildman–Crippen LogP) is 3.59. The van der Waals surface area contributed by atoms with Crippen LogP contribution < -0.4 is 15.4 Å². The summed E-state index contributed by atoms with van der Waals surface area (Å²) in [5.41, 5.74) is 3.89. The molecule has 9 heteroatoms. The maximum Gasteiger partial charge on any atom is 0.257 e. The number of fused-ring (bicyclic) bond motifs is 1. The van der Waals surface area contributed by atoms with E-state index in [1.807, 2.05) is 18.3 Å². The Bertz CT molecular complexity index is 1250. The van der Waals surface area contributed by atoms with Gasteiger partial charge in [0.1, 0.15) is 5.82 Å². The minimum atomic E-state index is -0.346. The van der Waals surface area contributed by atoms with Crippen molar-refractivity contribution in [1.29, 1.82) is 0 Å². The van der Waals surface area contributed by atoms with E-state index >= 15 is 0 Å². The van der Waals surface area contributed by atoms with E-state index in [2.05, 4.69) is 40.5 Å². The molecule has 1 amide bonds. The Balaban J connectivity index is 1.41. The van der Waals surface area contributed by atoms with Crippen LogP contribution in [0, 0.1) is 0 Å². The third-order valence-electron chi connectivity index (χ3n) is 6.71. The summed E-state index contributed by atoms with van der Waals surface area (Å²) in [4.78, 5) is 28.6. The van der Waals surface area contributed by atoms with Gasteiger partial charge >= 0.3 is 0 Å². The summed E-state index contributed by atoms with van der Waals surface area (Å²) in [5.74, 6) is 1.63. The van der Waals surface area contributed by atoms with Gasteiger partial charge in [0.05, 0.1) is 30.2 Å². The Morgan fingerprint density at radius 2 is 2.03 bits per heavy atom. The molecule has 0 aliphatic carbocycles. The average molecular weight is 475 g/mol. The molecule has 182 valence electrons. The standard InChI is InChI=1S/C26H30N6O3/c1-26(2)15-29-23-19(26)13-16(14-28-23)20-7-10-27-25(30-20)31-21-6-4-5-18(22(21)35-3)24(34)32-11-8-17(33)9-12-32/h4-7,10,13-14,17,33H,8-9,11-12,15H2,1-3H3,(H,28,29)(H,27,30,31). The zero-order valence-corrected chi connectivity index (χ0v) is 20.2. The number of hydrogen-bond acceptors (Lipinski definition) is 8.